The number of H-pyrrole nitrogens is 2. The second kappa shape index (κ2) is 10.0. The summed E-state index contributed by atoms with van der Waals surface area (Å²) in [5.41, 5.74) is 9.40. The van der Waals surface area contributed by atoms with Gasteiger partial charge in [-0.3, -0.25) is 9.89 Å². The summed E-state index contributed by atoms with van der Waals surface area (Å²) in [6, 6.07) is 20.7. The fourth-order valence-corrected chi connectivity index (χ4v) is 6.97. The maximum absolute atomic E-state index is 11.9. The highest BCUT2D eigenvalue weighted by Crippen LogP contribution is 2.50. The summed E-state index contributed by atoms with van der Waals surface area (Å²) in [5.74, 6) is 1.34. The van der Waals surface area contributed by atoms with E-state index in [1.165, 1.54) is 34.5 Å². The highest BCUT2D eigenvalue weighted by Gasteiger charge is 2.40. The van der Waals surface area contributed by atoms with E-state index in [9.17, 15) is 4.79 Å². The van der Waals surface area contributed by atoms with Crippen molar-refractivity contribution in [2.24, 2.45) is 11.8 Å². The Morgan fingerprint density at radius 3 is 2.81 bits per heavy atom. The molecule has 2 atom stereocenters. The molecule has 0 spiro atoms. The van der Waals surface area contributed by atoms with Gasteiger partial charge < -0.3 is 10.3 Å². The Bertz CT molecular complexity index is 2050. The summed E-state index contributed by atoms with van der Waals surface area (Å²) < 4.78 is 0. The van der Waals surface area contributed by atoms with Crippen molar-refractivity contribution in [3.63, 3.8) is 0 Å². The van der Waals surface area contributed by atoms with Crippen molar-refractivity contribution in [2.75, 3.05) is 6.54 Å². The first-order valence-corrected chi connectivity index (χ1v) is 15.0. The monoisotopic (exact) mass is 568 g/mol. The molecule has 5 heterocycles. The normalized spacial score (nSPS) is 17.7. The van der Waals surface area contributed by atoms with Crippen LogP contribution in [0, 0.1) is 11.8 Å². The number of carbonyl (C=O) groups is 1. The van der Waals surface area contributed by atoms with Gasteiger partial charge in [0, 0.05) is 52.3 Å². The van der Waals surface area contributed by atoms with E-state index in [2.05, 4.69) is 80.1 Å². The Morgan fingerprint density at radius 2 is 1.95 bits per heavy atom. The maximum atomic E-state index is 11.9. The van der Waals surface area contributed by atoms with E-state index in [4.69, 9.17) is 4.98 Å². The van der Waals surface area contributed by atoms with Crippen LogP contribution < -0.4 is 5.32 Å². The first-order valence-electron chi connectivity index (χ1n) is 14.2. The molecule has 1 fully saturated rings. The van der Waals surface area contributed by atoms with E-state index in [0.717, 1.165) is 61.8 Å². The number of fused-ring (bicyclic) bond motifs is 3. The van der Waals surface area contributed by atoms with Crippen LogP contribution in [0.3, 0.4) is 0 Å². The molecule has 2 unspecified atom stereocenters. The van der Waals surface area contributed by atoms with E-state index >= 15 is 0 Å². The van der Waals surface area contributed by atoms with Crippen LogP contribution in [0.4, 0.5) is 0 Å². The minimum atomic E-state index is 0.0780. The molecule has 3 N–H and O–H groups in total. The quantitative estimate of drug-likeness (QED) is 0.169. The Morgan fingerprint density at radius 1 is 1.05 bits per heavy atom. The van der Waals surface area contributed by atoms with Gasteiger partial charge in [-0.15, -0.1) is 11.3 Å². The van der Waals surface area contributed by atoms with Crippen molar-refractivity contribution < 1.29 is 4.79 Å². The molecule has 8 heteroatoms. The summed E-state index contributed by atoms with van der Waals surface area (Å²) in [6.07, 6.45) is 9.71. The highest BCUT2D eigenvalue weighted by molar-refractivity contribution is 7.17. The fraction of sp³-hybridized carbons (Fsp3) is 0.176. The number of carbonyl (C=O) groups excluding carboxylic acids is 1. The zero-order valence-electron chi connectivity index (χ0n) is 23.0. The maximum Gasteiger partial charge on any atom is 0.181 e. The van der Waals surface area contributed by atoms with E-state index in [-0.39, 0.29) is 5.78 Å². The summed E-state index contributed by atoms with van der Waals surface area (Å²) in [7, 11) is 0. The molecule has 2 aliphatic carbocycles. The molecule has 5 aromatic heterocycles. The number of hydrogen-bond acceptors (Lipinski definition) is 6. The van der Waals surface area contributed by atoms with Gasteiger partial charge in [0.15, 0.2) is 11.4 Å². The molecule has 0 saturated heterocycles. The average molecular weight is 569 g/mol. The number of Topliss-reactive ketones (excluding diaryl/α,β-unsaturated/α-hetero) is 1. The first-order chi connectivity index (χ1) is 20.6. The standard InChI is InChI=1S/C34H28N6OS/c1-19(41)30-7-8-31(42-30)25-9-10-36-33-27(25)15-29(38-33)32-28-14-23(18-37-34(28)40-39-32)21-11-22-13-26(22)24(12-21)17-35-16-20-5-3-2-4-6-20/h2-12,14-15,18,22,26,35H,13,16-17H2,1H3,(H,36,38)(H,37,39,40). The average Bonchev–Trinajstić information content (AvgIpc) is 3.33. The molecule has 2 aliphatic rings. The predicted molar refractivity (Wildman–Crippen MR) is 168 cm³/mol. The number of ketones is 1. The molecule has 7 nitrogen and oxygen atoms in total. The van der Waals surface area contributed by atoms with Crippen molar-refractivity contribution in [2.45, 2.75) is 19.9 Å². The van der Waals surface area contributed by atoms with Crippen LogP contribution >= 0.6 is 11.3 Å². The van der Waals surface area contributed by atoms with Crippen LogP contribution in [0.5, 0.6) is 0 Å². The van der Waals surface area contributed by atoms with Crippen LogP contribution in [0.2, 0.25) is 0 Å². The number of allylic oxidation sites excluding steroid dienone is 3. The number of pyridine rings is 2. The lowest BCUT2D eigenvalue weighted by molar-refractivity contribution is 0.102. The topological polar surface area (TPSA) is 99.4 Å². The third-order valence-corrected chi connectivity index (χ3v) is 9.53. The molecule has 1 aromatic carbocycles. The Balaban J connectivity index is 1.10. The number of hydrogen-bond donors (Lipinski definition) is 3. The molecule has 8 rings (SSSR count). The van der Waals surface area contributed by atoms with Crippen LogP contribution in [0.1, 0.15) is 34.1 Å². The van der Waals surface area contributed by atoms with Gasteiger partial charge in [0.1, 0.15) is 5.65 Å². The van der Waals surface area contributed by atoms with Gasteiger partial charge >= 0.3 is 0 Å². The minimum Gasteiger partial charge on any atom is -0.338 e. The van der Waals surface area contributed by atoms with Crippen molar-refractivity contribution >= 4 is 44.8 Å². The Labute approximate surface area is 246 Å². The lowest BCUT2D eigenvalue weighted by atomic mass is 9.94. The van der Waals surface area contributed by atoms with Gasteiger partial charge in [0.2, 0.25) is 0 Å². The van der Waals surface area contributed by atoms with Gasteiger partial charge in [0.25, 0.3) is 0 Å². The number of rotatable bonds is 8. The molecule has 42 heavy (non-hydrogen) atoms. The van der Waals surface area contributed by atoms with Gasteiger partial charge in [0.05, 0.1) is 16.3 Å². The van der Waals surface area contributed by atoms with E-state index in [1.54, 1.807) is 13.1 Å². The van der Waals surface area contributed by atoms with Crippen LogP contribution in [0.15, 0.2) is 90.8 Å². The second-order valence-electron chi connectivity index (χ2n) is 11.2. The van der Waals surface area contributed by atoms with E-state index in [1.807, 2.05) is 24.4 Å². The fourth-order valence-electron chi connectivity index (χ4n) is 6.03. The molecule has 0 radical (unpaired) electrons. The number of thiophene rings is 1. The third-order valence-electron chi connectivity index (χ3n) is 8.31. The Hall–Kier alpha value is -4.66. The van der Waals surface area contributed by atoms with Crippen molar-refractivity contribution in [3.05, 3.63) is 107 Å². The summed E-state index contributed by atoms with van der Waals surface area (Å²) in [6.45, 7) is 3.36. The molecular formula is C34H28N6OS. The lowest BCUT2D eigenvalue weighted by Crippen LogP contribution is -2.18. The molecule has 6 aromatic rings. The first kappa shape index (κ1) is 25.1. The summed E-state index contributed by atoms with van der Waals surface area (Å²) in [5, 5.41) is 13.3. The van der Waals surface area contributed by atoms with Gasteiger partial charge in [-0.1, -0.05) is 48.1 Å². The number of benzene rings is 1. The molecule has 1 saturated carbocycles. The Kier molecular flexibility index (Phi) is 5.98. The van der Waals surface area contributed by atoms with Crippen LogP contribution in [0.25, 0.3) is 49.5 Å². The van der Waals surface area contributed by atoms with Crippen molar-refractivity contribution in [3.8, 4) is 21.8 Å². The molecule has 0 aliphatic heterocycles. The number of aromatic nitrogens is 5. The largest absolute Gasteiger partial charge is 0.338 e. The molecular weight excluding hydrogens is 540 g/mol. The zero-order valence-corrected chi connectivity index (χ0v) is 23.8. The van der Waals surface area contributed by atoms with Crippen molar-refractivity contribution in [1.29, 1.82) is 0 Å². The van der Waals surface area contributed by atoms with Crippen LogP contribution in [-0.2, 0) is 6.54 Å². The lowest BCUT2D eigenvalue weighted by Gasteiger charge is -2.15. The number of nitrogens with zero attached hydrogens (tertiary/aromatic N) is 3. The van der Waals surface area contributed by atoms with Gasteiger partial charge in [-0.2, -0.15) is 5.10 Å². The zero-order chi connectivity index (χ0) is 28.2. The minimum absolute atomic E-state index is 0.0780. The third kappa shape index (κ3) is 4.49. The second-order valence-corrected chi connectivity index (χ2v) is 12.2. The van der Waals surface area contributed by atoms with Crippen LogP contribution in [-0.4, -0.2) is 37.5 Å². The van der Waals surface area contributed by atoms with E-state index in [0.29, 0.717) is 17.5 Å². The molecule has 206 valence electrons. The highest BCUT2D eigenvalue weighted by atomic mass is 32.1. The number of nitrogens with one attached hydrogen (secondary N) is 3. The van der Waals surface area contributed by atoms with Crippen molar-refractivity contribution in [1.82, 2.24) is 30.5 Å². The van der Waals surface area contributed by atoms with Gasteiger partial charge in [-0.05, 0) is 66.6 Å². The number of aromatic amines is 2. The van der Waals surface area contributed by atoms with Gasteiger partial charge in [-0.25, -0.2) is 9.97 Å². The molecule has 0 bridgehead atoms. The SMILES string of the molecule is CC(=O)c1ccc(-c2ccnc3[nH]c(-c4[nH]nc5ncc(C6=CC7CC7C(CNCc7ccccc7)=C6)cc45)cc23)s1. The van der Waals surface area contributed by atoms with E-state index < -0.39 is 0 Å². The summed E-state index contributed by atoms with van der Waals surface area (Å²) >= 11 is 1.51. The smallest absolute Gasteiger partial charge is 0.181 e. The summed E-state index contributed by atoms with van der Waals surface area (Å²) in [4.78, 5) is 26.5. The molecule has 0 amide bonds. The predicted octanol–water partition coefficient (Wildman–Crippen LogP) is 7.18.